The lowest BCUT2D eigenvalue weighted by Crippen LogP contribution is -2.53. The Hall–Kier alpha value is -8.16. The van der Waals surface area contributed by atoms with Crippen LogP contribution < -0.4 is 21.3 Å². The lowest BCUT2D eigenvalue weighted by Gasteiger charge is -2.36. The van der Waals surface area contributed by atoms with Gasteiger partial charge in [-0.2, -0.15) is 18.3 Å². The topological polar surface area (TPSA) is 172 Å². The van der Waals surface area contributed by atoms with Crippen molar-refractivity contribution >= 4 is 34.4 Å². The number of nitrogens with two attached hydrogens (primary N) is 1. The third-order valence-electron chi connectivity index (χ3n) is 13.3. The van der Waals surface area contributed by atoms with Crippen LogP contribution in [-0.2, 0) is 40.0 Å². The van der Waals surface area contributed by atoms with E-state index in [-0.39, 0.29) is 107 Å². The smallest absolute Gasteiger partial charge is 0.419 e. The van der Waals surface area contributed by atoms with Gasteiger partial charge >= 0.3 is 12.3 Å². The minimum atomic E-state index is -4.86. The molecule has 9 rings (SSSR count). The predicted octanol–water partition coefficient (Wildman–Crippen LogP) is 8.31. The molecule has 0 radical (unpaired) electrons. The van der Waals surface area contributed by atoms with Crippen LogP contribution in [0.15, 0.2) is 132 Å². The maximum Gasteiger partial charge on any atom is 0.419 e. The molecule has 0 unspecified atom stereocenters. The lowest BCUT2D eigenvalue weighted by molar-refractivity contribution is -0.140. The number of alkyl halides is 3. The molecular formula is C56H52F5N7O7. The van der Waals surface area contributed by atoms with E-state index in [9.17, 15) is 36.7 Å². The zero-order valence-corrected chi connectivity index (χ0v) is 40.5. The number of ether oxygens (including phenoxy) is 3. The number of benzene rings is 6. The highest BCUT2D eigenvalue weighted by Crippen LogP contribution is 2.44. The number of piperazine rings is 1. The molecule has 3 amide bonds. The first-order valence-electron chi connectivity index (χ1n) is 24.3. The monoisotopic (exact) mass is 1030 g/mol. The average Bonchev–Trinajstić information content (AvgIpc) is 3.73. The van der Waals surface area contributed by atoms with Crippen molar-refractivity contribution < 1.29 is 50.5 Å². The van der Waals surface area contributed by atoms with E-state index < -0.39 is 35.4 Å². The van der Waals surface area contributed by atoms with Gasteiger partial charge < -0.3 is 35.1 Å². The molecule has 0 atom stereocenters. The number of H-pyrrole nitrogens is 1. The van der Waals surface area contributed by atoms with Crippen LogP contribution in [-0.4, -0.2) is 108 Å². The van der Waals surface area contributed by atoms with E-state index in [0.717, 1.165) is 28.3 Å². The number of hydrogen-bond acceptors (Lipinski definition) is 10. The number of amides is 3. The molecular weight excluding hydrogens is 978 g/mol. The Morgan fingerprint density at radius 2 is 1.44 bits per heavy atom. The number of halogens is 5. The molecule has 1 aliphatic heterocycles. The predicted molar refractivity (Wildman–Crippen MR) is 270 cm³/mol. The van der Waals surface area contributed by atoms with Crippen molar-refractivity contribution in [2.45, 2.75) is 31.7 Å². The molecule has 14 nitrogen and oxygen atoms in total. The minimum Gasteiger partial charge on any atom is -0.489 e. The van der Waals surface area contributed by atoms with Crippen LogP contribution in [0, 0.1) is 11.6 Å². The van der Waals surface area contributed by atoms with Crippen LogP contribution in [0.2, 0.25) is 0 Å². The third kappa shape index (κ3) is 12.1. The fourth-order valence-electron chi connectivity index (χ4n) is 9.42. The highest BCUT2D eigenvalue weighted by Gasteiger charge is 2.35. The van der Waals surface area contributed by atoms with E-state index >= 15 is 4.39 Å². The lowest BCUT2D eigenvalue weighted by atomic mass is 9.98. The number of aromatic nitrogens is 2. The summed E-state index contributed by atoms with van der Waals surface area (Å²) in [4.78, 5) is 58.3. The zero-order chi connectivity index (χ0) is 52.6. The molecule has 0 saturated carbocycles. The summed E-state index contributed by atoms with van der Waals surface area (Å²) in [6, 6.07) is 34.7. The number of nitrogens with one attached hydrogen (secondary N) is 2. The fourth-order valence-corrected chi connectivity index (χ4v) is 9.42. The van der Waals surface area contributed by atoms with E-state index in [0.29, 0.717) is 51.6 Å². The summed E-state index contributed by atoms with van der Waals surface area (Å²) < 4.78 is 86.7. The van der Waals surface area contributed by atoms with Gasteiger partial charge in [0.05, 0.1) is 35.4 Å². The highest BCUT2D eigenvalue weighted by atomic mass is 19.4. The van der Waals surface area contributed by atoms with Gasteiger partial charge in [-0.3, -0.25) is 19.3 Å². The Labute approximate surface area is 427 Å². The number of fused-ring (bicyclic) bond motifs is 4. The number of carbonyl (C=O) groups is 3. The van der Waals surface area contributed by atoms with Crippen molar-refractivity contribution in [1.29, 1.82) is 0 Å². The van der Waals surface area contributed by atoms with E-state index in [1.165, 1.54) is 28.0 Å². The molecule has 4 N–H and O–H groups in total. The van der Waals surface area contributed by atoms with Crippen LogP contribution in [0.4, 0.5) is 32.4 Å². The summed E-state index contributed by atoms with van der Waals surface area (Å²) in [5.41, 5.74) is 10.7. The molecule has 388 valence electrons. The molecule has 7 aromatic rings. The maximum atomic E-state index is 15.3. The number of aromatic amines is 1. The summed E-state index contributed by atoms with van der Waals surface area (Å²) in [5.74, 6) is -2.87. The van der Waals surface area contributed by atoms with Crippen molar-refractivity contribution in [3.05, 3.63) is 194 Å². The number of hydrogen-bond donors (Lipinski definition) is 3. The fraction of sp³-hybridized carbons (Fsp3) is 0.268. The number of anilines is 1. The van der Waals surface area contributed by atoms with Crippen LogP contribution in [0.5, 0.6) is 5.75 Å². The molecule has 1 fully saturated rings. The second kappa shape index (κ2) is 22.9. The first-order valence-corrected chi connectivity index (χ1v) is 24.3. The molecule has 1 saturated heterocycles. The van der Waals surface area contributed by atoms with Gasteiger partial charge in [-0.05, 0) is 81.9 Å². The second-order valence-corrected chi connectivity index (χ2v) is 18.2. The van der Waals surface area contributed by atoms with Crippen LogP contribution in [0.25, 0.3) is 21.9 Å². The summed E-state index contributed by atoms with van der Waals surface area (Å²) in [7, 11) is 0. The first kappa shape index (κ1) is 51.7. The number of rotatable bonds is 18. The van der Waals surface area contributed by atoms with Crippen molar-refractivity contribution in [2.24, 2.45) is 0 Å². The van der Waals surface area contributed by atoms with Crippen molar-refractivity contribution in [1.82, 2.24) is 30.2 Å². The normalized spacial score (nSPS) is 13.4. The molecule has 1 aromatic heterocycles. The Bertz CT molecular complexity index is 3240. The van der Waals surface area contributed by atoms with Gasteiger partial charge in [-0.15, -0.1) is 0 Å². The van der Waals surface area contributed by atoms with Crippen molar-refractivity contribution in [3.8, 4) is 16.9 Å². The van der Waals surface area contributed by atoms with Gasteiger partial charge in [0.15, 0.2) is 0 Å². The summed E-state index contributed by atoms with van der Waals surface area (Å²) in [6.07, 6.45) is -5.35. The largest absolute Gasteiger partial charge is 0.489 e. The Balaban J connectivity index is 0.800. The molecule has 6 aromatic carbocycles. The Kier molecular flexibility index (Phi) is 15.8. The first-order chi connectivity index (χ1) is 36.2. The van der Waals surface area contributed by atoms with E-state index in [2.05, 4.69) is 15.5 Å². The Morgan fingerprint density at radius 3 is 2.17 bits per heavy atom. The van der Waals surface area contributed by atoms with Crippen molar-refractivity contribution in [2.75, 3.05) is 71.4 Å². The minimum absolute atomic E-state index is 0.00644. The summed E-state index contributed by atoms with van der Waals surface area (Å²) in [5, 5.41) is 11.0. The van der Waals surface area contributed by atoms with E-state index in [1.807, 2.05) is 48.5 Å². The molecule has 75 heavy (non-hydrogen) atoms. The molecule has 2 aliphatic rings. The highest BCUT2D eigenvalue weighted by molar-refractivity contribution is 5.95. The quantitative estimate of drug-likeness (QED) is 0.0431. The van der Waals surface area contributed by atoms with Gasteiger partial charge in [0.25, 0.3) is 11.5 Å². The van der Waals surface area contributed by atoms with Gasteiger partial charge in [0.1, 0.15) is 37.1 Å². The molecule has 19 heteroatoms. The van der Waals surface area contributed by atoms with Gasteiger partial charge in [0.2, 0.25) is 5.91 Å². The van der Waals surface area contributed by atoms with Crippen LogP contribution in [0.1, 0.15) is 55.4 Å². The molecule has 2 heterocycles. The van der Waals surface area contributed by atoms with Gasteiger partial charge in [0, 0.05) is 74.8 Å². The zero-order valence-electron chi connectivity index (χ0n) is 40.5. The molecule has 0 spiro atoms. The van der Waals surface area contributed by atoms with Crippen LogP contribution >= 0.6 is 0 Å². The second-order valence-electron chi connectivity index (χ2n) is 18.2. The summed E-state index contributed by atoms with van der Waals surface area (Å²) in [6.45, 7) is 0.688. The van der Waals surface area contributed by atoms with Gasteiger partial charge in [-0.25, -0.2) is 18.7 Å². The number of nitrogen functional groups attached to an aromatic ring is 1. The van der Waals surface area contributed by atoms with E-state index in [1.54, 1.807) is 53.4 Å². The number of nitrogens with zero attached hydrogens (tertiary/aromatic N) is 4. The molecule has 0 bridgehead atoms. The number of carbonyl (C=O) groups excluding carboxylic acids is 3. The standard InChI is InChI=1S/C56H52F5N7O7/c57-48-16-13-35(29-50-43-11-5-6-12-44(43)53(70)65-64-50)27-45(48)54(71)67-22-20-66(21-23-67)52(69)32-68(55(72)75-34-46-41-9-3-1-7-39(41)40-8-2-4-10-42(40)46)24-26-73-25-19-63-31-37-30-38(62)15-18-51(37)74-33-36-14-17-49(58)47(28-36)56(59,60)61/h1-18,27-28,30,46,63H,19-26,29,31-34,62H2,(H,65,70). The SMILES string of the molecule is Nc1ccc(OCc2ccc(F)c(C(F)(F)F)c2)c(CNCCOCCN(CC(=O)N2CCN(C(=O)c3cc(Cc4n[nH]c(=O)c5ccccc45)ccc3F)CC2)C(=O)OCC2c3ccccc3-c3ccccc32)c1. The third-order valence-corrected chi connectivity index (χ3v) is 13.3. The van der Waals surface area contributed by atoms with Crippen molar-refractivity contribution in [3.63, 3.8) is 0 Å². The maximum absolute atomic E-state index is 15.3. The van der Waals surface area contributed by atoms with Gasteiger partial charge in [-0.1, -0.05) is 78.9 Å². The molecule has 1 aliphatic carbocycles. The average molecular weight is 1030 g/mol. The van der Waals surface area contributed by atoms with Crippen LogP contribution in [0.3, 0.4) is 0 Å². The van der Waals surface area contributed by atoms with E-state index in [4.69, 9.17) is 19.9 Å². The summed E-state index contributed by atoms with van der Waals surface area (Å²) >= 11 is 0. The Morgan fingerprint density at radius 1 is 0.773 bits per heavy atom.